The minimum Gasteiger partial charge on any atom is -0.0949 e. The van der Waals surface area contributed by atoms with Crippen LogP contribution >= 0.6 is 0 Å². The predicted octanol–water partition coefficient (Wildman–Crippen LogP) is 3.43. The van der Waals surface area contributed by atoms with Crippen LogP contribution in [-0.2, 0) is 0 Å². The van der Waals surface area contributed by atoms with Gasteiger partial charge in [0.1, 0.15) is 0 Å². The summed E-state index contributed by atoms with van der Waals surface area (Å²) in [7, 11) is 0. The summed E-state index contributed by atoms with van der Waals surface area (Å²) in [4.78, 5) is 0. The quantitative estimate of drug-likeness (QED) is 0.540. The molecule has 1 aromatic rings. The molecule has 0 spiro atoms. The number of benzene rings is 1. The summed E-state index contributed by atoms with van der Waals surface area (Å²) in [6.45, 7) is 6.16. The molecule has 0 saturated heterocycles. The molecule has 0 unspecified atom stereocenters. The van der Waals surface area contributed by atoms with Crippen molar-refractivity contribution in [2.24, 2.45) is 0 Å². The summed E-state index contributed by atoms with van der Waals surface area (Å²) < 4.78 is 0. The minimum absolute atomic E-state index is 0.996. The highest BCUT2D eigenvalue weighted by atomic mass is 14.1. The molecule has 0 bridgehead atoms. The fraction of sp³-hybridized carbons (Fsp3) is 0.167. The summed E-state index contributed by atoms with van der Waals surface area (Å²) in [5.41, 5.74) is 5.16. The molecule has 0 nitrogen and oxygen atoms in total. The first-order valence-corrected chi connectivity index (χ1v) is 4.23. The van der Waals surface area contributed by atoms with E-state index in [1.165, 1.54) is 22.3 Å². The molecule has 2 rings (SSSR count). The largest absolute Gasteiger partial charge is 0.0949 e. The molecule has 0 atom stereocenters. The molecule has 0 fully saturated rings. The maximum atomic E-state index is 4.05. The smallest absolute Gasteiger partial charge is 0.00938 e. The number of aryl methyl sites for hydroxylation is 1. The summed E-state index contributed by atoms with van der Waals surface area (Å²) in [6.07, 6.45) is 5.33. The molecule has 1 aliphatic rings. The second kappa shape index (κ2) is 2.63. The second-order valence-electron chi connectivity index (χ2n) is 3.30. The van der Waals surface area contributed by atoms with Crippen molar-refractivity contribution in [3.63, 3.8) is 0 Å². The van der Waals surface area contributed by atoms with Gasteiger partial charge in [-0.05, 0) is 30.0 Å². The highest BCUT2D eigenvalue weighted by Gasteiger charge is 2.06. The molecule has 0 saturated carbocycles. The van der Waals surface area contributed by atoms with Gasteiger partial charge >= 0.3 is 0 Å². The summed E-state index contributed by atoms with van der Waals surface area (Å²) in [5.74, 6) is 0. The van der Waals surface area contributed by atoms with Crippen LogP contribution in [0.25, 0.3) is 11.6 Å². The van der Waals surface area contributed by atoms with Crippen LogP contribution in [0, 0.1) is 6.92 Å². The maximum Gasteiger partial charge on any atom is -0.00938 e. The molecule has 60 valence electrons. The van der Waals surface area contributed by atoms with Gasteiger partial charge < -0.3 is 0 Å². The van der Waals surface area contributed by atoms with Crippen molar-refractivity contribution < 1.29 is 0 Å². The van der Waals surface area contributed by atoms with E-state index in [1.54, 1.807) is 0 Å². The van der Waals surface area contributed by atoms with Crippen molar-refractivity contribution in [1.29, 1.82) is 0 Å². The first-order valence-electron chi connectivity index (χ1n) is 4.23. The van der Waals surface area contributed by atoms with Gasteiger partial charge in [-0.2, -0.15) is 0 Å². The zero-order valence-corrected chi connectivity index (χ0v) is 7.30. The van der Waals surface area contributed by atoms with Gasteiger partial charge in [-0.15, -0.1) is 0 Å². The van der Waals surface area contributed by atoms with E-state index in [1.807, 2.05) is 0 Å². The normalized spacial score (nSPS) is 14.6. The van der Waals surface area contributed by atoms with Gasteiger partial charge in [0, 0.05) is 0 Å². The van der Waals surface area contributed by atoms with Gasteiger partial charge in [0.05, 0.1) is 0 Å². The lowest BCUT2D eigenvalue weighted by atomic mass is 9.92. The van der Waals surface area contributed by atoms with Crippen molar-refractivity contribution in [3.8, 4) is 0 Å². The van der Waals surface area contributed by atoms with Crippen LogP contribution in [0.5, 0.6) is 0 Å². The van der Waals surface area contributed by atoms with Crippen molar-refractivity contribution in [2.75, 3.05) is 0 Å². The van der Waals surface area contributed by atoms with Gasteiger partial charge in [-0.3, -0.25) is 0 Å². The van der Waals surface area contributed by atoms with Crippen LogP contribution in [0.1, 0.15) is 23.1 Å². The highest BCUT2D eigenvalue weighted by Crippen LogP contribution is 2.27. The van der Waals surface area contributed by atoms with Crippen LogP contribution in [0.3, 0.4) is 0 Å². The average molecular weight is 156 g/mol. The molecule has 12 heavy (non-hydrogen) atoms. The Morgan fingerprint density at radius 1 is 1.33 bits per heavy atom. The molecular formula is C12H12. The van der Waals surface area contributed by atoms with Crippen LogP contribution in [0.15, 0.2) is 30.9 Å². The lowest BCUT2D eigenvalue weighted by Gasteiger charge is -2.13. The summed E-state index contributed by atoms with van der Waals surface area (Å²) >= 11 is 0. The number of rotatable bonds is 0. The highest BCUT2D eigenvalue weighted by molar-refractivity contribution is 5.78. The predicted molar refractivity (Wildman–Crippen MR) is 53.9 cm³/mol. The molecule has 0 heterocycles. The fourth-order valence-corrected chi connectivity index (χ4v) is 1.56. The van der Waals surface area contributed by atoms with E-state index in [0.29, 0.717) is 0 Å². The van der Waals surface area contributed by atoms with E-state index in [4.69, 9.17) is 0 Å². The number of hydrogen-bond donors (Lipinski definition) is 0. The van der Waals surface area contributed by atoms with Gasteiger partial charge in [0.2, 0.25) is 0 Å². The Balaban J connectivity index is 2.63. The van der Waals surface area contributed by atoms with Crippen LogP contribution in [-0.4, -0.2) is 0 Å². The number of fused-ring (bicyclic) bond motifs is 1. The van der Waals surface area contributed by atoms with Crippen LogP contribution in [0.2, 0.25) is 0 Å². The molecular weight excluding hydrogens is 144 g/mol. The van der Waals surface area contributed by atoms with E-state index >= 15 is 0 Å². The molecule has 0 radical (unpaired) electrons. The van der Waals surface area contributed by atoms with Crippen molar-refractivity contribution >= 4 is 11.6 Å². The third kappa shape index (κ3) is 1.10. The lowest BCUT2D eigenvalue weighted by Crippen LogP contribution is -1.92. The molecule has 1 aliphatic carbocycles. The Hall–Kier alpha value is -1.30. The first kappa shape index (κ1) is 7.35. The van der Waals surface area contributed by atoms with E-state index in [2.05, 4.69) is 43.9 Å². The SMILES string of the molecule is C=C1CC=Cc2ccc(C)cc21. The Morgan fingerprint density at radius 2 is 2.17 bits per heavy atom. The van der Waals surface area contributed by atoms with Crippen molar-refractivity contribution in [2.45, 2.75) is 13.3 Å². The van der Waals surface area contributed by atoms with E-state index in [-0.39, 0.29) is 0 Å². The van der Waals surface area contributed by atoms with Crippen molar-refractivity contribution in [1.82, 2.24) is 0 Å². The Kier molecular flexibility index (Phi) is 1.61. The molecule has 0 N–H and O–H groups in total. The van der Waals surface area contributed by atoms with Crippen molar-refractivity contribution in [3.05, 3.63) is 47.5 Å². The van der Waals surface area contributed by atoms with E-state index in [9.17, 15) is 0 Å². The topological polar surface area (TPSA) is 0 Å². The standard InChI is InChI=1S/C12H12/c1-9-6-7-11-5-3-4-10(2)12(11)8-9/h3,5-8H,2,4H2,1H3. The fourth-order valence-electron chi connectivity index (χ4n) is 1.56. The van der Waals surface area contributed by atoms with Gasteiger partial charge in [0.15, 0.2) is 0 Å². The van der Waals surface area contributed by atoms with Gasteiger partial charge in [-0.25, -0.2) is 0 Å². The first-order chi connectivity index (χ1) is 5.77. The Morgan fingerprint density at radius 3 is 3.00 bits per heavy atom. The van der Waals surface area contributed by atoms with E-state index < -0.39 is 0 Å². The third-order valence-electron chi connectivity index (χ3n) is 2.25. The third-order valence-corrected chi connectivity index (χ3v) is 2.25. The van der Waals surface area contributed by atoms with Crippen LogP contribution < -0.4 is 0 Å². The van der Waals surface area contributed by atoms with Gasteiger partial charge in [0.25, 0.3) is 0 Å². The minimum atomic E-state index is 0.996. The Bertz CT molecular complexity index is 356. The second-order valence-corrected chi connectivity index (χ2v) is 3.30. The zero-order chi connectivity index (χ0) is 8.55. The maximum absolute atomic E-state index is 4.05. The average Bonchev–Trinajstić information content (AvgIpc) is 2.07. The molecule has 0 amide bonds. The lowest BCUT2D eigenvalue weighted by molar-refractivity contribution is 1.34. The Labute approximate surface area is 73.2 Å². The molecule has 0 aromatic heterocycles. The number of allylic oxidation sites excluding steroid dienone is 2. The molecule has 0 aliphatic heterocycles. The van der Waals surface area contributed by atoms with Gasteiger partial charge in [-0.1, -0.05) is 42.5 Å². The molecule has 0 heteroatoms. The van der Waals surface area contributed by atoms with Crippen LogP contribution in [0.4, 0.5) is 0 Å². The molecule has 1 aromatic carbocycles. The zero-order valence-electron chi connectivity index (χ0n) is 7.30. The van der Waals surface area contributed by atoms with E-state index in [0.717, 1.165) is 6.42 Å². The summed E-state index contributed by atoms with van der Waals surface area (Å²) in [5, 5.41) is 0. The summed E-state index contributed by atoms with van der Waals surface area (Å²) in [6, 6.07) is 6.51. The monoisotopic (exact) mass is 156 g/mol. The number of hydrogen-bond acceptors (Lipinski definition) is 0.